The lowest BCUT2D eigenvalue weighted by Gasteiger charge is -2.07. The van der Waals surface area contributed by atoms with Crippen molar-refractivity contribution in [1.82, 2.24) is 4.98 Å². The third-order valence-corrected chi connectivity index (χ3v) is 6.17. The molecule has 140 valence electrons. The van der Waals surface area contributed by atoms with Gasteiger partial charge in [0, 0.05) is 17.5 Å². The molecule has 0 atom stereocenters. The molecule has 2 heterocycles. The maximum atomic E-state index is 12.8. The monoisotopic (exact) mass is 408 g/mol. The maximum absolute atomic E-state index is 12.8. The van der Waals surface area contributed by atoms with Crippen molar-refractivity contribution < 1.29 is 18.0 Å². The van der Waals surface area contributed by atoms with E-state index in [0.717, 1.165) is 35.4 Å². The van der Waals surface area contributed by atoms with Crippen LogP contribution in [0.2, 0.25) is 0 Å². The summed E-state index contributed by atoms with van der Waals surface area (Å²) in [7, 11) is 0. The highest BCUT2D eigenvalue weighted by Gasteiger charge is 2.30. The molecule has 1 N–H and O–H groups in total. The average molecular weight is 408 g/mol. The number of rotatable bonds is 5. The summed E-state index contributed by atoms with van der Waals surface area (Å²) in [5.41, 5.74) is 0.988. The predicted octanol–water partition coefficient (Wildman–Crippen LogP) is 5.94. The number of nitrogens with one attached hydrogen (secondary N) is 1. The zero-order chi connectivity index (χ0) is 19.0. The molecule has 2 aromatic heterocycles. The Labute approximate surface area is 161 Å². The summed E-state index contributed by atoms with van der Waals surface area (Å²) >= 11 is 2.69. The standard InChI is InChI=1S/C19H15F3N2OS2/c20-19(21,22)13-3-1-2-11(8-13)9-14-10-23-18(27-14)24-17(25)16-15(6-7-26-16)12-4-5-12/h1-3,6-8,10,12H,4-5,9H2,(H,23,24,25). The molecule has 4 rings (SSSR count). The highest BCUT2D eigenvalue weighted by molar-refractivity contribution is 7.16. The lowest BCUT2D eigenvalue weighted by Crippen LogP contribution is -2.11. The number of halogens is 3. The van der Waals surface area contributed by atoms with Crippen LogP contribution in [0.15, 0.2) is 41.9 Å². The summed E-state index contributed by atoms with van der Waals surface area (Å²) in [6, 6.07) is 7.25. The molecule has 27 heavy (non-hydrogen) atoms. The molecule has 1 aliphatic rings. The summed E-state index contributed by atoms with van der Waals surface area (Å²) < 4.78 is 38.5. The fourth-order valence-corrected chi connectivity index (χ4v) is 4.60. The summed E-state index contributed by atoms with van der Waals surface area (Å²) in [6.07, 6.45) is -0.186. The fraction of sp³-hybridized carbons (Fsp3) is 0.263. The first-order chi connectivity index (χ1) is 12.9. The van der Waals surface area contributed by atoms with Gasteiger partial charge in [-0.25, -0.2) is 4.98 Å². The lowest BCUT2D eigenvalue weighted by molar-refractivity contribution is -0.137. The van der Waals surface area contributed by atoms with Gasteiger partial charge in [-0.15, -0.1) is 22.7 Å². The van der Waals surface area contributed by atoms with Crippen LogP contribution < -0.4 is 5.32 Å². The highest BCUT2D eigenvalue weighted by atomic mass is 32.1. The number of amides is 1. The van der Waals surface area contributed by atoms with E-state index in [0.29, 0.717) is 27.9 Å². The molecule has 1 saturated carbocycles. The van der Waals surface area contributed by atoms with Crippen LogP contribution in [0, 0.1) is 0 Å². The first kappa shape index (κ1) is 18.2. The number of thiophene rings is 1. The quantitative estimate of drug-likeness (QED) is 0.567. The fourth-order valence-electron chi connectivity index (χ4n) is 2.88. The van der Waals surface area contributed by atoms with Crippen LogP contribution >= 0.6 is 22.7 Å². The van der Waals surface area contributed by atoms with E-state index in [1.54, 1.807) is 12.3 Å². The first-order valence-electron chi connectivity index (χ1n) is 8.40. The van der Waals surface area contributed by atoms with E-state index in [1.807, 2.05) is 11.4 Å². The Bertz CT molecular complexity index is 973. The molecule has 0 radical (unpaired) electrons. The number of thiazole rings is 1. The van der Waals surface area contributed by atoms with Crippen LogP contribution in [-0.4, -0.2) is 10.9 Å². The second-order valence-corrected chi connectivity index (χ2v) is 8.47. The number of anilines is 1. The van der Waals surface area contributed by atoms with Crippen molar-refractivity contribution in [3.05, 3.63) is 68.4 Å². The summed E-state index contributed by atoms with van der Waals surface area (Å²) in [5, 5.41) is 5.18. The number of benzene rings is 1. The molecule has 1 aliphatic carbocycles. The Kier molecular flexibility index (Phi) is 4.77. The van der Waals surface area contributed by atoms with Crippen molar-refractivity contribution in [2.45, 2.75) is 31.4 Å². The Hall–Kier alpha value is -2.19. The molecule has 1 fully saturated rings. The molecule has 1 amide bonds. The Morgan fingerprint density at radius 2 is 2.07 bits per heavy atom. The number of carbonyl (C=O) groups excluding carboxylic acids is 1. The van der Waals surface area contributed by atoms with Gasteiger partial charge in [0.1, 0.15) is 0 Å². The third kappa shape index (κ3) is 4.22. The van der Waals surface area contributed by atoms with Crippen LogP contribution in [0.25, 0.3) is 0 Å². The number of aromatic nitrogens is 1. The number of carbonyl (C=O) groups is 1. The average Bonchev–Trinajstić information content (AvgIpc) is 3.17. The number of alkyl halides is 3. The molecular weight excluding hydrogens is 393 g/mol. The summed E-state index contributed by atoms with van der Waals surface area (Å²) in [6.45, 7) is 0. The highest BCUT2D eigenvalue weighted by Crippen LogP contribution is 2.43. The van der Waals surface area contributed by atoms with Gasteiger partial charge < -0.3 is 0 Å². The molecule has 0 aliphatic heterocycles. The smallest absolute Gasteiger partial charge is 0.297 e. The van der Waals surface area contributed by atoms with Gasteiger partial charge in [0.2, 0.25) is 0 Å². The number of hydrogen-bond donors (Lipinski definition) is 1. The van der Waals surface area contributed by atoms with Crippen molar-refractivity contribution in [2.24, 2.45) is 0 Å². The van der Waals surface area contributed by atoms with E-state index in [2.05, 4.69) is 10.3 Å². The SMILES string of the molecule is O=C(Nc1ncc(Cc2cccc(C(F)(F)F)c2)s1)c1sccc1C1CC1. The number of hydrogen-bond acceptors (Lipinski definition) is 4. The minimum atomic E-state index is -4.36. The molecule has 0 unspecified atom stereocenters. The van der Waals surface area contributed by atoms with Gasteiger partial charge in [0.05, 0.1) is 10.4 Å². The van der Waals surface area contributed by atoms with Crippen molar-refractivity contribution in [3.63, 3.8) is 0 Å². The molecule has 3 nitrogen and oxygen atoms in total. The molecule has 3 aromatic rings. The largest absolute Gasteiger partial charge is 0.416 e. The summed E-state index contributed by atoms with van der Waals surface area (Å²) in [5.74, 6) is 0.316. The maximum Gasteiger partial charge on any atom is 0.416 e. The van der Waals surface area contributed by atoms with Crippen molar-refractivity contribution in [3.8, 4) is 0 Å². The number of nitrogens with zero attached hydrogens (tertiary/aromatic N) is 1. The molecule has 0 saturated heterocycles. The van der Waals surface area contributed by atoms with Gasteiger partial charge in [-0.05, 0) is 47.4 Å². The van der Waals surface area contributed by atoms with Gasteiger partial charge in [0.15, 0.2) is 5.13 Å². The minimum Gasteiger partial charge on any atom is -0.297 e. The van der Waals surface area contributed by atoms with Crippen LogP contribution in [-0.2, 0) is 12.6 Å². The minimum absolute atomic E-state index is 0.174. The van der Waals surface area contributed by atoms with Gasteiger partial charge in [-0.3, -0.25) is 10.1 Å². The Morgan fingerprint density at radius 3 is 2.81 bits per heavy atom. The zero-order valence-corrected chi connectivity index (χ0v) is 15.7. The second-order valence-electron chi connectivity index (χ2n) is 6.44. The Balaban J connectivity index is 1.44. The zero-order valence-electron chi connectivity index (χ0n) is 14.0. The topological polar surface area (TPSA) is 42.0 Å². The van der Waals surface area contributed by atoms with E-state index in [9.17, 15) is 18.0 Å². The third-order valence-electron chi connectivity index (χ3n) is 4.33. The predicted molar refractivity (Wildman–Crippen MR) is 101 cm³/mol. The van der Waals surface area contributed by atoms with Crippen LogP contribution in [0.3, 0.4) is 0 Å². The van der Waals surface area contributed by atoms with Gasteiger partial charge in [-0.1, -0.05) is 18.2 Å². The van der Waals surface area contributed by atoms with Crippen LogP contribution in [0.1, 0.15) is 50.0 Å². The van der Waals surface area contributed by atoms with E-state index < -0.39 is 11.7 Å². The van der Waals surface area contributed by atoms with Crippen LogP contribution in [0.4, 0.5) is 18.3 Å². The lowest BCUT2D eigenvalue weighted by atomic mass is 10.1. The van der Waals surface area contributed by atoms with Crippen molar-refractivity contribution in [1.29, 1.82) is 0 Å². The van der Waals surface area contributed by atoms with E-state index in [1.165, 1.54) is 28.7 Å². The second kappa shape index (κ2) is 7.09. The van der Waals surface area contributed by atoms with Gasteiger partial charge in [0.25, 0.3) is 5.91 Å². The van der Waals surface area contributed by atoms with Gasteiger partial charge in [-0.2, -0.15) is 13.2 Å². The molecule has 0 spiro atoms. The Morgan fingerprint density at radius 1 is 1.26 bits per heavy atom. The van der Waals surface area contributed by atoms with E-state index in [4.69, 9.17) is 0 Å². The molecule has 0 bridgehead atoms. The molecule has 1 aromatic carbocycles. The normalized spacial score (nSPS) is 14.3. The van der Waals surface area contributed by atoms with Crippen molar-refractivity contribution >= 4 is 33.7 Å². The molecular formula is C19H15F3N2OS2. The molecule has 8 heteroatoms. The van der Waals surface area contributed by atoms with Crippen LogP contribution in [0.5, 0.6) is 0 Å². The van der Waals surface area contributed by atoms with Gasteiger partial charge >= 0.3 is 6.18 Å². The van der Waals surface area contributed by atoms with Crippen molar-refractivity contribution in [2.75, 3.05) is 5.32 Å². The first-order valence-corrected chi connectivity index (χ1v) is 10.1. The van der Waals surface area contributed by atoms with E-state index in [-0.39, 0.29) is 5.91 Å². The summed E-state index contributed by atoms with van der Waals surface area (Å²) in [4.78, 5) is 18.2. The van der Waals surface area contributed by atoms with E-state index >= 15 is 0 Å².